The second-order valence-electron chi connectivity index (χ2n) is 13.1. The number of fused-ring (bicyclic) bond motifs is 6. The number of quaternary nitrogens is 1. The largest absolute Gasteiger partial charge is 0.698 e. The quantitative estimate of drug-likeness (QED) is 0.124. The average molecular weight is 649 g/mol. The van der Waals surface area contributed by atoms with E-state index in [-0.39, 0.29) is 12.2 Å². The Morgan fingerprint density at radius 1 is 0.700 bits per heavy atom. The first-order chi connectivity index (χ1) is 24.5. The van der Waals surface area contributed by atoms with Gasteiger partial charge in [-0.15, -0.1) is 5.69 Å². The molecular weight excluding hydrogens is 609 g/mol. The van der Waals surface area contributed by atoms with Gasteiger partial charge < -0.3 is 11.5 Å². The molecule has 1 aliphatic rings. The van der Waals surface area contributed by atoms with E-state index in [1.807, 2.05) is 56.4 Å². The van der Waals surface area contributed by atoms with Crippen LogP contribution >= 0.6 is 0 Å². The van der Waals surface area contributed by atoms with Gasteiger partial charge in [0.05, 0.1) is 11.7 Å². The first-order valence-corrected chi connectivity index (χ1v) is 17.3. The molecule has 4 heteroatoms. The minimum Gasteiger partial charge on any atom is -0.698 e. The Morgan fingerprint density at radius 2 is 1.30 bits per heavy atom. The lowest BCUT2D eigenvalue weighted by molar-refractivity contribution is -0.604. The van der Waals surface area contributed by atoms with Crippen LogP contribution < -0.4 is 16.4 Å². The van der Waals surface area contributed by atoms with Crippen molar-refractivity contribution in [2.45, 2.75) is 26.1 Å². The highest BCUT2D eigenvalue weighted by Crippen LogP contribution is 2.37. The van der Waals surface area contributed by atoms with Crippen molar-refractivity contribution < 1.29 is 5.32 Å². The molecule has 0 saturated carbocycles. The van der Waals surface area contributed by atoms with E-state index in [1.54, 1.807) is 0 Å². The van der Waals surface area contributed by atoms with E-state index in [0.29, 0.717) is 11.4 Å². The van der Waals surface area contributed by atoms with E-state index in [0.717, 1.165) is 22.4 Å². The highest BCUT2D eigenvalue weighted by atomic mass is 15.2. The van der Waals surface area contributed by atoms with Gasteiger partial charge in [-0.1, -0.05) is 133 Å². The zero-order valence-corrected chi connectivity index (χ0v) is 28.3. The van der Waals surface area contributed by atoms with Crippen molar-refractivity contribution in [2.24, 2.45) is 5.73 Å². The van der Waals surface area contributed by atoms with Crippen LogP contribution in [0.15, 0.2) is 157 Å². The topological polar surface area (TPSA) is 78.5 Å². The van der Waals surface area contributed by atoms with Crippen LogP contribution in [0, 0.1) is 0 Å². The molecule has 0 bridgehead atoms. The zero-order chi connectivity index (χ0) is 34.2. The second kappa shape index (κ2) is 13.2. The lowest BCUT2D eigenvalue weighted by Crippen LogP contribution is -2.93. The third kappa shape index (κ3) is 5.65. The molecule has 1 heterocycles. The molecular formula is C46H40N4. The molecule has 0 fully saturated rings. The van der Waals surface area contributed by atoms with Gasteiger partial charge in [0.1, 0.15) is 5.70 Å². The van der Waals surface area contributed by atoms with Crippen molar-refractivity contribution in [2.75, 3.05) is 0 Å². The molecule has 6 N–H and O–H groups in total. The van der Waals surface area contributed by atoms with Gasteiger partial charge in [0.25, 0.3) is 0 Å². The summed E-state index contributed by atoms with van der Waals surface area (Å²) in [7, 11) is 0. The monoisotopic (exact) mass is 648 g/mol. The second-order valence-corrected chi connectivity index (χ2v) is 13.1. The van der Waals surface area contributed by atoms with E-state index in [2.05, 4.69) is 126 Å². The number of hydrogen-bond donors (Lipinski definition) is 3. The van der Waals surface area contributed by atoms with Crippen LogP contribution in [-0.2, 0) is 0 Å². The molecule has 1 aliphatic heterocycles. The van der Waals surface area contributed by atoms with Gasteiger partial charge in [-0.2, -0.15) is 0 Å². The van der Waals surface area contributed by atoms with Crippen LogP contribution in [0.1, 0.15) is 42.1 Å². The minimum atomic E-state index is -0.232. The fraction of sp³-hybridized carbons (Fsp3) is 0.0870. The van der Waals surface area contributed by atoms with Crippen molar-refractivity contribution >= 4 is 66.1 Å². The SMILES string of the molecule is C/C=C\c1cccc(/C(C)=C/C=C(\N)C2NC(c3cc4ccccc4c4ccccc34)C=C(c3cc4ccccc4c4ccccc34)[NH2+]2)c1[NH-]. The fourth-order valence-electron chi connectivity index (χ4n) is 7.52. The molecule has 4 nitrogen and oxygen atoms in total. The van der Waals surface area contributed by atoms with Crippen LogP contribution in [0.3, 0.4) is 0 Å². The maximum absolute atomic E-state index is 8.78. The molecule has 2 unspecified atom stereocenters. The Kier molecular flexibility index (Phi) is 8.25. The predicted octanol–water partition coefficient (Wildman–Crippen LogP) is 10.5. The summed E-state index contributed by atoms with van der Waals surface area (Å²) in [5.74, 6) is 0. The van der Waals surface area contributed by atoms with E-state index in [4.69, 9.17) is 11.5 Å². The van der Waals surface area contributed by atoms with Gasteiger partial charge in [0, 0.05) is 5.56 Å². The Labute approximate surface area is 293 Å². The Hall–Kier alpha value is -5.94. The summed E-state index contributed by atoms with van der Waals surface area (Å²) in [5.41, 5.74) is 23.4. The zero-order valence-electron chi connectivity index (χ0n) is 28.3. The Balaban J connectivity index is 1.28. The van der Waals surface area contributed by atoms with Crippen LogP contribution in [0.2, 0.25) is 0 Å². The van der Waals surface area contributed by atoms with Gasteiger partial charge in [-0.25, -0.2) is 0 Å². The Morgan fingerprint density at radius 3 is 2.00 bits per heavy atom. The third-order valence-corrected chi connectivity index (χ3v) is 10.0. The maximum atomic E-state index is 8.78. The number of hydrogen-bond acceptors (Lipinski definition) is 2. The molecule has 0 aliphatic carbocycles. The molecule has 7 aromatic rings. The molecule has 2 atom stereocenters. The standard InChI is InChI=1S/C46H39N4/c1-3-13-30-16-12-23-33(45(30)48)29(2)24-25-42(47)46-49-43(40-26-31-14-4-6-17-34(31)36-19-8-10-21-38(36)40)28-44(50-46)41-27-32-15-5-7-18-35(32)37-20-9-11-22-39(37)41/h3-28,43,46,48-50H,47H2,1-2H3/q-1/p+1/b13-3-,29-24+,42-25-. The Bertz CT molecular complexity index is 2550. The predicted molar refractivity (Wildman–Crippen MR) is 214 cm³/mol. The summed E-state index contributed by atoms with van der Waals surface area (Å²) in [6.07, 6.45) is 10.1. The van der Waals surface area contributed by atoms with Gasteiger partial charge >= 0.3 is 0 Å². The molecule has 0 saturated heterocycles. The normalized spacial score (nSPS) is 17.3. The molecule has 0 aromatic heterocycles. The van der Waals surface area contributed by atoms with Gasteiger partial charge in [-0.3, -0.25) is 10.6 Å². The highest BCUT2D eigenvalue weighted by Gasteiger charge is 2.30. The first-order valence-electron chi connectivity index (χ1n) is 17.3. The van der Waals surface area contributed by atoms with Gasteiger partial charge in [0.2, 0.25) is 0 Å². The van der Waals surface area contributed by atoms with Crippen LogP contribution in [-0.4, -0.2) is 6.17 Å². The summed E-state index contributed by atoms with van der Waals surface area (Å²) in [5, 5.41) is 16.1. The summed E-state index contributed by atoms with van der Waals surface area (Å²) in [6, 6.07) is 45.2. The van der Waals surface area contributed by atoms with E-state index in [9.17, 15) is 0 Å². The van der Waals surface area contributed by atoms with Crippen molar-refractivity contribution in [3.8, 4) is 0 Å². The lowest BCUT2D eigenvalue weighted by atomic mass is 9.90. The fourth-order valence-corrected chi connectivity index (χ4v) is 7.52. The van der Waals surface area contributed by atoms with Crippen LogP contribution in [0.4, 0.5) is 5.69 Å². The van der Waals surface area contributed by atoms with Crippen molar-refractivity contribution in [3.05, 3.63) is 185 Å². The van der Waals surface area contributed by atoms with Crippen LogP contribution in [0.5, 0.6) is 0 Å². The van der Waals surface area contributed by atoms with E-state index in [1.165, 1.54) is 54.2 Å². The molecule has 0 amide bonds. The molecule has 8 rings (SSSR count). The average Bonchev–Trinajstić information content (AvgIpc) is 3.17. The molecule has 244 valence electrons. The molecule has 7 aromatic carbocycles. The lowest BCUT2D eigenvalue weighted by Gasteiger charge is -2.30. The van der Waals surface area contributed by atoms with Crippen LogP contribution in [0.25, 0.3) is 66.2 Å². The van der Waals surface area contributed by atoms with Crippen molar-refractivity contribution in [3.63, 3.8) is 0 Å². The summed E-state index contributed by atoms with van der Waals surface area (Å²) < 4.78 is 0. The van der Waals surface area contributed by atoms with Crippen molar-refractivity contribution in [1.82, 2.24) is 5.32 Å². The summed E-state index contributed by atoms with van der Waals surface area (Å²) in [4.78, 5) is 0. The molecule has 50 heavy (non-hydrogen) atoms. The summed E-state index contributed by atoms with van der Waals surface area (Å²) >= 11 is 0. The van der Waals surface area contributed by atoms with Gasteiger partial charge in [-0.05, 0) is 103 Å². The molecule has 0 radical (unpaired) electrons. The highest BCUT2D eigenvalue weighted by molar-refractivity contribution is 6.12. The third-order valence-electron chi connectivity index (χ3n) is 10.0. The van der Waals surface area contributed by atoms with E-state index < -0.39 is 0 Å². The number of nitrogens with one attached hydrogen (secondary N) is 2. The van der Waals surface area contributed by atoms with Gasteiger partial charge in [0.15, 0.2) is 6.17 Å². The number of allylic oxidation sites excluding steroid dienone is 4. The van der Waals surface area contributed by atoms with Crippen molar-refractivity contribution in [1.29, 1.82) is 0 Å². The minimum absolute atomic E-state index is 0.103. The number of benzene rings is 7. The number of rotatable bonds is 6. The summed E-state index contributed by atoms with van der Waals surface area (Å²) in [6.45, 7) is 4.02. The number of nitrogens with two attached hydrogens (primary N) is 2. The first kappa shape index (κ1) is 31.3. The maximum Gasteiger partial charge on any atom is 0.186 e. The smallest absolute Gasteiger partial charge is 0.186 e. The molecule has 0 spiro atoms. The van der Waals surface area contributed by atoms with E-state index >= 15 is 0 Å².